The predicted octanol–water partition coefficient (Wildman–Crippen LogP) is 3.93. The van der Waals surface area contributed by atoms with Crippen molar-refractivity contribution in [2.45, 2.75) is 34.6 Å². The van der Waals surface area contributed by atoms with Gasteiger partial charge in [-0.3, -0.25) is 4.68 Å². The van der Waals surface area contributed by atoms with E-state index in [4.69, 9.17) is 0 Å². The molecule has 0 spiro atoms. The molecule has 0 radical (unpaired) electrons. The Hall–Kier alpha value is -1.31. The second-order valence-electron chi connectivity index (χ2n) is 2.87. The number of aromatic nitrogens is 2. The molecule has 2 nitrogen and oxygen atoms in total. The molecule has 0 aliphatic carbocycles. The van der Waals surface area contributed by atoms with Crippen molar-refractivity contribution in [3.8, 4) is 0 Å². The second kappa shape index (κ2) is 7.04. The van der Waals surface area contributed by atoms with E-state index in [9.17, 15) is 0 Å². The minimum atomic E-state index is 1.07. The van der Waals surface area contributed by atoms with Gasteiger partial charge in [-0.25, -0.2) is 0 Å². The van der Waals surface area contributed by atoms with E-state index in [-0.39, 0.29) is 0 Å². The molecule has 0 fully saturated rings. The summed E-state index contributed by atoms with van der Waals surface area (Å²) in [7, 11) is 1.94. The molecule has 0 bridgehead atoms. The van der Waals surface area contributed by atoms with Gasteiger partial charge in [0.25, 0.3) is 0 Å². The zero-order chi connectivity index (χ0) is 11.8. The maximum absolute atomic E-state index is 4.27. The third kappa shape index (κ3) is 3.74. The van der Waals surface area contributed by atoms with E-state index in [0.717, 1.165) is 5.52 Å². The lowest BCUT2D eigenvalue weighted by atomic mass is 10.2. The highest BCUT2D eigenvalue weighted by molar-refractivity contribution is 5.78. The molecule has 84 valence electrons. The van der Waals surface area contributed by atoms with Crippen LogP contribution in [0.1, 0.15) is 33.3 Å². The maximum atomic E-state index is 4.27. The van der Waals surface area contributed by atoms with Gasteiger partial charge >= 0.3 is 0 Å². The second-order valence-corrected chi connectivity index (χ2v) is 2.87. The Morgan fingerprint density at radius 2 is 1.67 bits per heavy atom. The number of benzene rings is 1. The van der Waals surface area contributed by atoms with Gasteiger partial charge in [-0.05, 0) is 19.1 Å². The average Bonchev–Trinajstić information content (AvgIpc) is 2.63. The summed E-state index contributed by atoms with van der Waals surface area (Å²) in [6.07, 6.45) is 2.03. The summed E-state index contributed by atoms with van der Waals surface area (Å²) in [5.74, 6) is 0. The first-order valence-corrected chi connectivity index (χ1v) is 5.66. The average molecular weight is 206 g/mol. The van der Waals surface area contributed by atoms with Crippen molar-refractivity contribution in [1.29, 1.82) is 0 Å². The predicted molar refractivity (Wildman–Crippen MR) is 68.1 cm³/mol. The summed E-state index contributed by atoms with van der Waals surface area (Å²) in [5.41, 5.74) is 2.35. The maximum Gasteiger partial charge on any atom is 0.0923 e. The largest absolute Gasteiger partial charge is 0.275 e. The Bertz CT molecular complexity index is 388. The van der Waals surface area contributed by atoms with E-state index in [1.165, 1.54) is 10.9 Å². The third-order valence-corrected chi connectivity index (χ3v) is 1.77. The smallest absolute Gasteiger partial charge is 0.0923 e. The summed E-state index contributed by atoms with van der Waals surface area (Å²) in [6, 6.07) is 6.27. The minimum absolute atomic E-state index is 1.07. The fraction of sp³-hybridized carbons (Fsp3) is 0.462. The van der Waals surface area contributed by atoms with E-state index < -0.39 is 0 Å². The Kier molecular flexibility index (Phi) is 6.43. The van der Waals surface area contributed by atoms with E-state index >= 15 is 0 Å². The van der Waals surface area contributed by atoms with Gasteiger partial charge in [0.2, 0.25) is 0 Å². The van der Waals surface area contributed by atoms with Crippen LogP contribution >= 0.6 is 0 Å². The van der Waals surface area contributed by atoms with Crippen LogP contribution in [-0.4, -0.2) is 9.78 Å². The van der Waals surface area contributed by atoms with Crippen LogP contribution in [0.5, 0.6) is 0 Å². The quantitative estimate of drug-likeness (QED) is 0.638. The SMILES string of the molecule is CC.CC.Cc1ccc2nn(C)cc2c1. The molecule has 0 amide bonds. The lowest BCUT2D eigenvalue weighted by Crippen LogP contribution is -1.84. The zero-order valence-electron chi connectivity index (χ0n) is 10.7. The van der Waals surface area contributed by atoms with Gasteiger partial charge in [0.05, 0.1) is 5.52 Å². The molecule has 0 atom stereocenters. The molecule has 0 N–H and O–H groups in total. The van der Waals surface area contributed by atoms with Crippen LogP contribution in [0.2, 0.25) is 0 Å². The van der Waals surface area contributed by atoms with E-state index in [1.54, 1.807) is 0 Å². The highest BCUT2D eigenvalue weighted by atomic mass is 15.2. The van der Waals surface area contributed by atoms with Crippen molar-refractivity contribution in [3.63, 3.8) is 0 Å². The summed E-state index contributed by atoms with van der Waals surface area (Å²) < 4.78 is 1.84. The monoisotopic (exact) mass is 206 g/mol. The molecule has 0 saturated heterocycles. The van der Waals surface area contributed by atoms with Crippen LogP contribution in [0.15, 0.2) is 24.4 Å². The molecule has 0 aliphatic heterocycles. The van der Waals surface area contributed by atoms with Crippen molar-refractivity contribution in [1.82, 2.24) is 9.78 Å². The molecule has 1 aromatic carbocycles. The number of fused-ring (bicyclic) bond motifs is 1. The Morgan fingerprint density at radius 3 is 2.27 bits per heavy atom. The molecule has 2 rings (SSSR count). The number of nitrogens with zero attached hydrogens (tertiary/aromatic N) is 2. The molecule has 0 saturated carbocycles. The van der Waals surface area contributed by atoms with E-state index in [0.29, 0.717) is 0 Å². The van der Waals surface area contributed by atoms with Crippen molar-refractivity contribution in [2.24, 2.45) is 7.05 Å². The van der Waals surface area contributed by atoms with Crippen LogP contribution in [0.25, 0.3) is 10.9 Å². The summed E-state index contributed by atoms with van der Waals surface area (Å²) in [6.45, 7) is 10.1. The lowest BCUT2D eigenvalue weighted by molar-refractivity contribution is 0.780. The van der Waals surface area contributed by atoms with E-state index in [1.807, 2.05) is 51.7 Å². The van der Waals surface area contributed by atoms with Crippen molar-refractivity contribution < 1.29 is 0 Å². The first kappa shape index (κ1) is 13.7. The van der Waals surface area contributed by atoms with Gasteiger partial charge in [-0.2, -0.15) is 5.10 Å². The zero-order valence-corrected chi connectivity index (χ0v) is 10.7. The van der Waals surface area contributed by atoms with Crippen molar-refractivity contribution >= 4 is 10.9 Å². The molecule has 1 aromatic heterocycles. The van der Waals surface area contributed by atoms with Gasteiger partial charge in [-0.15, -0.1) is 0 Å². The van der Waals surface area contributed by atoms with Crippen LogP contribution in [0.3, 0.4) is 0 Å². The fourth-order valence-electron chi connectivity index (χ4n) is 1.27. The molecule has 2 aromatic rings. The lowest BCUT2D eigenvalue weighted by Gasteiger charge is -1.88. The van der Waals surface area contributed by atoms with Gasteiger partial charge in [-0.1, -0.05) is 39.3 Å². The first-order valence-electron chi connectivity index (χ1n) is 5.66. The Balaban J connectivity index is 0.000000442. The molecular formula is C13H22N2. The minimum Gasteiger partial charge on any atom is -0.275 e. The van der Waals surface area contributed by atoms with Gasteiger partial charge < -0.3 is 0 Å². The normalized spacial score (nSPS) is 8.67. The van der Waals surface area contributed by atoms with Crippen LogP contribution < -0.4 is 0 Å². The molecular weight excluding hydrogens is 184 g/mol. The number of hydrogen-bond acceptors (Lipinski definition) is 1. The Morgan fingerprint density at radius 1 is 1.07 bits per heavy atom. The Labute approximate surface area is 92.9 Å². The standard InChI is InChI=1S/C9H10N2.2C2H6/c1-7-3-4-9-8(5-7)6-11(2)10-9;2*1-2/h3-6H,1-2H3;2*1-2H3. The van der Waals surface area contributed by atoms with E-state index in [2.05, 4.69) is 24.2 Å². The molecule has 15 heavy (non-hydrogen) atoms. The summed E-state index contributed by atoms with van der Waals surface area (Å²) in [5, 5.41) is 5.49. The molecule has 0 aliphatic rings. The molecule has 1 heterocycles. The third-order valence-electron chi connectivity index (χ3n) is 1.77. The molecule has 2 heteroatoms. The summed E-state index contributed by atoms with van der Waals surface area (Å²) in [4.78, 5) is 0. The first-order chi connectivity index (χ1) is 7.25. The van der Waals surface area contributed by atoms with Gasteiger partial charge in [0, 0.05) is 18.6 Å². The number of hydrogen-bond donors (Lipinski definition) is 0. The van der Waals surface area contributed by atoms with Crippen LogP contribution in [0.4, 0.5) is 0 Å². The van der Waals surface area contributed by atoms with Crippen molar-refractivity contribution in [3.05, 3.63) is 30.0 Å². The van der Waals surface area contributed by atoms with Crippen molar-refractivity contribution in [2.75, 3.05) is 0 Å². The highest BCUT2D eigenvalue weighted by Crippen LogP contribution is 2.12. The van der Waals surface area contributed by atoms with Crippen LogP contribution in [0, 0.1) is 6.92 Å². The molecule has 0 unspecified atom stereocenters. The highest BCUT2D eigenvalue weighted by Gasteiger charge is 1.95. The number of aryl methyl sites for hydroxylation is 2. The fourth-order valence-corrected chi connectivity index (χ4v) is 1.27. The topological polar surface area (TPSA) is 17.8 Å². The number of rotatable bonds is 0. The van der Waals surface area contributed by atoms with Crippen LogP contribution in [-0.2, 0) is 7.05 Å². The summed E-state index contributed by atoms with van der Waals surface area (Å²) >= 11 is 0. The van der Waals surface area contributed by atoms with Gasteiger partial charge in [0.15, 0.2) is 0 Å². The van der Waals surface area contributed by atoms with Gasteiger partial charge in [0.1, 0.15) is 0 Å².